The van der Waals surface area contributed by atoms with Gasteiger partial charge in [0.05, 0.1) is 0 Å². The highest BCUT2D eigenvalue weighted by Crippen LogP contribution is 2.12. The van der Waals surface area contributed by atoms with Gasteiger partial charge in [0, 0.05) is 33.2 Å². The molecule has 0 spiro atoms. The van der Waals surface area contributed by atoms with Crippen LogP contribution in [0.3, 0.4) is 0 Å². The molecule has 1 rings (SSSR count). The Morgan fingerprint density at radius 1 is 1.00 bits per heavy atom. The quantitative estimate of drug-likeness (QED) is 0.489. The minimum atomic E-state index is -1.34. The lowest BCUT2D eigenvalue weighted by Gasteiger charge is -2.41. The third-order valence-corrected chi connectivity index (χ3v) is 2.99. The van der Waals surface area contributed by atoms with Crippen LogP contribution >= 0.6 is 0 Å². The number of hydrazine groups is 1. The van der Waals surface area contributed by atoms with E-state index in [9.17, 15) is 24.0 Å². The molecule has 0 saturated carbocycles. The first kappa shape index (κ1) is 17.1. The SMILES string of the molecule is CC(=O)NC1C(=O)N(C)N(C)C(=O)C1NC(=O)/C=C\C(=O)O. The van der Waals surface area contributed by atoms with E-state index in [2.05, 4.69) is 10.6 Å². The maximum atomic E-state index is 12.2. The molecule has 1 aliphatic rings. The Morgan fingerprint density at radius 2 is 1.45 bits per heavy atom. The van der Waals surface area contributed by atoms with Gasteiger partial charge in [0.25, 0.3) is 11.8 Å². The third kappa shape index (κ3) is 3.81. The van der Waals surface area contributed by atoms with E-state index in [1.165, 1.54) is 21.0 Å². The summed E-state index contributed by atoms with van der Waals surface area (Å²) in [6.45, 7) is 1.17. The molecule has 1 fully saturated rings. The van der Waals surface area contributed by atoms with Gasteiger partial charge >= 0.3 is 5.97 Å². The lowest BCUT2D eigenvalue weighted by molar-refractivity contribution is -0.170. The van der Waals surface area contributed by atoms with Crippen molar-refractivity contribution < 1.29 is 29.1 Å². The fourth-order valence-electron chi connectivity index (χ4n) is 1.84. The second-order valence-electron chi connectivity index (χ2n) is 4.56. The highest BCUT2D eigenvalue weighted by Gasteiger charge is 2.45. The van der Waals surface area contributed by atoms with Gasteiger partial charge in [0.15, 0.2) is 0 Å². The summed E-state index contributed by atoms with van der Waals surface area (Å²) in [7, 11) is 2.67. The summed E-state index contributed by atoms with van der Waals surface area (Å²) in [5.74, 6) is -3.98. The summed E-state index contributed by atoms with van der Waals surface area (Å²) in [5.41, 5.74) is 0. The average molecular weight is 312 g/mol. The number of carboxylic acid groups (broad SMARTS) is 1. The highest BCUT2D eigenvalue weighted by molar-refractivity contribution is 6.02. The van der Waals surface area contributed by atoms with Crippen molar-refractivity contribution in [3.05, 3.63) is 12.2 Å². The molecule has 22 heavy (non-hydrogen) atoms. The topological polar surface area (TPSA) is 136 Å². The molecule has 0 aromatic rings. The number of aliphatic carboxylic acids is 1. The van der Waals surface area contributed by atoms with Crippen LogP contribution in [0.15, 0.2) is 12.2 Å². The zero-order chi connectivity index (χ0) is 17.0. The van der Waals surface area contributed by atoms with Gasteiger partial charge in [-0.15, -0.1) is 0 Å². The lowest BCUT2D eigenvalue weighted by Crippen LogP contribution is -2.71. The Morgan fingerprint density at radius 3 is 1.86 bits per heavy atom. The molecule has 2 atom stereocenters. The Labute approximate surface area is 125 Å². The molecule has 3 N–H and O–H groups in total. The number of nitrogens with zero attached hydrogens (tertiary/aromatic N) is 2. The van der Waals surface area contributed by atoms with Crippen LogP contribution in [-0.4, -0.2) is 70.9 Å². The first-order valence-corrected chi connectivity index (χ1v) is 6.18. The molecule has 2 unspecified atom stereocenters. The van der Waals surface area contributed by atoms with Crippen LogP contribution in [0, 0.1) is 0 Å². The van der Waals surface area contributed by atoms with Crippen molar-refractivity contribution in [1.82, 2.24) is 20.7 Å². The van der Waals surface area contributed by atoms with Crippen LogP contribution in [0.5, 0.6) is 0 Å². The minimum absolute atomic E-state index is 0.551. The molecule has 1 aliphatic heterocycles. The Balaban J connectivity index is 3.01. The van der Waals surface area contributed by atoms with E-state index in [1.807, 2.05) is 0 Å². The summed E-state index contributed by atoms with van der Waals surface area (Å²) in [5, 5.41) is 15.0. The van der Waals surface area contributed by atoms with Crippen molar-refractivity contribution in [3.63, 3.8) is 0 Å². The highest BCUT2D eigenvalue weighted by atomic mass is 16.4. The van der Waals surface area contributed by atoms with Gasteiger partial charge in [0.2, 0.25) is 11.8 Å². The van der Waals surface area contributed by atoms with Crippen molar-refractivity contribution in [3.8, 4) is 0 Å². The Hall–Kier alpha value is -2.91. The van der Waals surface area contributed by atoms with Crippen LogP contribution in [0.4, 0.5) is 0 Å². The maximum absolute atomic E-state index is 12.2. The van der Waals surface area contributed by atoms with E-state index in [1.54, 1.807) is 0 Å². The molecule has 4 amide bonds. The number of hydrogen-bond donors (Lipinski definition) is 3. The van der Waals surface area contributed by atoms with Crippen LogP contribution in [0.1, 0.15) is 6.92 Å². The molecule has 120 valence electrons. The number of amides is 4. The van der Waals surface area contributed by atoms with Gasteiger partial charge < -0.3 is 15.7 Å². The number of rotatable bonds is 4. The molecular formula is C12H16N4O6. The number of carbonyl (C=O) groups excluding carboxylic acids is 4. The van der Waals surface area contributed by atoms with E-state index < -0.39 is 41.7 Å². The molecule has 0 aromatic carbocycles. The first-order valence-electron chi connectivity index (χ1n) is 6.18. The van der Waals surface area contributed by atoms with Crippen LogP contribution in [0.25, 0.3) is 0 Å². The molecule has 0 radical (unpaired) electrons. The number of carboxylic acids is 1. The van der Waals surface area contributed by atoms with Crippen molar-refractivity contribution in [2.24, 2.45) is 0 Å². The predicted molar refractivity (Wildman–Crippen MR) is 71.9 cm³/mol. The maximum Gasteiger partial charge on any atom is 0.328 e. The van der Waals surface area contributed by atoms with Crippen LogP contribution in [0.2, 0.25) is 0 Å². The molecule has 0 aliphatic carbocycles. The second kappa shape index (κ2) is 6.70. The van der Waals surface area contributed by atoms with E-state index >= 15 is 0 Å². The van der Waals surface area contributed by atoms with Crippen molar-refractivity contribution in [1.29, 1.82) is 0 Å². The molecule has 0 aromatic heterocycles. The number of carbonyl (C=O) groups is 5. The van der Waals surface area contributed by atoms with Gasteiger partial charge in [-0.1, -0.05) is 0 Å². The minimum Gasteiger partial charge on any atom is -0.478 e. The van der Waals surface area contributed by atoms with Gasteiger partial charge in [-0.05, 0) is 0 Å². The number of likely N-dealkylation sites (N-methyl/N-ethyl adjacent to an activating group) is 2. The van der Waals surface area contributed by atoms with Gasteiger partial charge in [-0.2, -0.15) is 0 Å². The number of nitrogens with one attached hydrogen (secondary N) is 2. The molecule has 10 nitrogen and oxygen atoms in total. The predicted octanol–water partition coefficient (Wildman–Crippen LogP) is -2.54. The van der Waals surface area contributed by atoms with Crippen LogP contribution in [-0.2, 0) is 24.0 Å². The largest absolute Gasteiger partial charge is 0.478 e. The molecular weight excluding hydrogens is 296 g/mol. The average Bonchev–Trinajstić information content (AvgIpc) is 2.44. The van der Waals surface area contributed by atoms with Gasteiger partial charge in [-0.25, -0.2) is 4.79 Å². The smallest absolute Gasteiger partial charge is 0.328 e. The Bertz CT molecular complexity index is 558. The van der Waals surface area contributed by atoms with E-state index in [0.29, 0.717) is 12.2 Å². The molecule has 1 saturated heterocycles. The molecule has 10 heteroatoms. The normalized spacial score (nSPS) is 22.0. The van der Waals surface area contributed by atoms with Crippen molar-refractivity contribution in [2.75, 3.05) is 14.1 Å². The van der Waals surface area contributed by atoms with E-state index in [4.69, 9.17) is 5.11 Å². The lowest BCUT2D eigenvalue weighted by atomic mass is 10.0. The number of hydrogen-bond acceptors (Lipinski definition) is 5. The third-order valence-electron chi connectivity index (χ3n) is 2.99. The standard InChI is InChI=1S/C12H16N4O6/c1-6(17)13-9-10(14-7(18)4-5-8(19)20)12(22)16(3)15(2)11(9)21/h4-5,9-10H,1-3H3,(H,13,17)(H,14,18)(H,19,20)/b5-4-. The fourth-order valence-corrected chi connectivity index (χ4v) is 1.84. The first-order chi connectivity index (χ1) is 10.1. The summed E-state index contributed by atoms with van der Waals surface area (Å²) >= 11 is 0. The summed E-state index contributed by atoms with van der Waals surface area (Å²) in [6.07, 6.45) is 1.30. The van der Waals surface area contributed by atoms with Gasteiger partial charge in [0.1, 0.15) is 12.1 Å². The fraction of sp³-hybridized carbons (Fsp3) is 0.417. The van der Waals surface area contributed by atoms with Crippen molar-refractivity contribution >= 4 is 29.6 Å². The summed E-state index contributed by atoms with van der Waals surface area (Å²) in [6, 6.07) is -2.60. The Kier molecular flexibility index (Phi) is 5.22. The molecule has 1 heterocycles. The summed E-state index contributed by atoms with van der Waals surface area (Å²) < 4.78 is 0. The van der Waals surface area contributed by atoms with Gasteiger partial charge in [-0.3, -0.25) is 29.2 Å². The zero-order valence-electron chi connectivity index (χ0n) is 12.2. The second-order valence-corrected chi connectivity index (χ2v) is 4.56. The zero-order valence-corrected chi connectivity index (χ0v) is 12.2. The van der Waals surface area contributed by atoms with Crippen LogP contribution < -0.4 is 10.6 Å². The summed E-state index contributed by atoms with van der Waals surface area (Å²) in [4.78, 5) is 57.5. The molecule has 0 bridgehead atoms. The van der Waals surface area contributed by atoms with E-state index in [0.717, 1.165) is 10.0 Å². The monoisotopic (exact) mass is 312 g/mol. The van der Waals surface area contributed by atoms with Crippen molar-refractivity contribution in [2.45, 2.75) is 19.0 Å². The van der Waals surface area contributed by atoms with E-state index in [-0.39, 0.29) is 0 Å².